The summed E-state index contributed by atoms with van der Waals surface area (Å²) in [4.78, 5) is 11.6. The van der Waals surface area contributed by atoms with Gasteiger partial charge < -0.3 is 15.4 Å². The van der Waals surface area contributed by atoms with E-state index in [4.69, 9.17) is 4.74 Å². The molecule has 92 valence electrons. The van der Waals surface area contributed by atoms with Gasteiger partial charge in [0.05, 0.1) is 19.3 Å². The summed E-state index contributed by atoms with van der Waals surface area (Å²) in [6.45, 7) is 6.53. The Balaban J connectivity index is 2.06. The highest BCUT2D eigenvalue weighted by Crippen LogP contribution is 2.04. The van der Waals surface area contributed by atoms with E-state index in [9.17, 15) is 4.79 Å². The first-order valence-corrected chi connectivity index (χ1v) is 6.04. The standard InChI is InChI=1S/C12H22N2O2/c1-2-3-9-16-10-8-13-11-6-4-5-7-14-12(11)15/h2,11,13H,1,3-10H2,(H,14,15). The molecule has 0 aromatic rings. The Morgan fingerprint density at radius 2 is 2.38 bits per heavy atom. The molecule has 1 amide bonds. The van der Waals surface area contributed by atoms with E-state index in [0.29, 0.717) is 13.2 Å². The third-order valence-electron chi connectivity index (χ3n) is 2.64. The number of ether oxygens (including phenoxy) is 1. The van der Waals surface area contributed by atoms with Crippen molar-refractivity contribution in [2.24, 2.45) is 0 Å². The van der Waals surface area contributed by atoms with Crippen LogP contribution in [0, 0.1) is 0 Å². The van der Waals surface area contributed by atoms with Crippen LogP contribution in [0.3, 0.4) is 0 Å². The monoisotopic (exact) mass is 226 g/mol. The van der Waals surface area contributed by atoms with Gasteiger partial charge in [0.15, 0.2) is 0 Å². The first-order valence-electron chi connectivity index (χ1n) is 6.04. The first kappa shape index (κ1) is 13.2. The average Bonchev–Trinajstić information content (AvgIpc) is 2.49. The van der Waals surface area contributed by atoms with Crippen molar-refractivity contribution < 1.29 is 9.53 Å². The Morgan fingerprint density at radius 3 is 3.19 bits per heavy atom. The van der Waals surface area contributed by atoms with Gasteiger partial charge in [0.1, 0.15) is 0 Å². The molecule has 1 unspecified atom stereocenters. The zero-order valence-electron chi connectivity index (χ0n) is 9.84. The lowest BCUT2D eigenvalue weighted by Crippen LogP contribution is -2.43. The first-order chi connectivity index (χ1) is 7.84. The fourth-order valence-corrected chi connectivity index (χ4v) is 1.71. The smallest absolute Gasteiger partial charge is 0.237 e. The molecule has 1 rings (SSSR count). The maximum Gasteiger partial charge on any atom is 0.237 e. The SMILES string of the molecule is C=CCCOCCNC1CCCCNC1=O. The molecule has 0 radical (unpaired) electrons. The molecular formula is C12H22N2O2. The maximum absolute atomic E-state index is 11.6. The van der Waals surface area contributed by atoms with Gasteiger partial charge in [0.2, 0.25) is 5.91 Å². The molecule has 0 bridgehead atoms. The van der Waals surface area contributed by atoms with E-state index in [1.165, 1.54) is 0 Å². The van der Waals surface area contributed by atoms with Crippen molar-refractivity contribution in [3.05, 3.63) is 12.7 Å². The number of rotatable bonds is 7. The van der Waals surface area contributed by atoms with Crippen LogP contribution in [0.25, 0.3) is 0 Å². The van der Waals surface area contributed by atoms with Gasteiger partial charge in [-0.3, -0.25) is 4.79 Å². The Kier molecular flexibility index (Phi) is 6.85. The van der Waals surface area contributed by atoms with Gasteiger partial charge in [-0.25, -0.2) is 0 Å². The second kappa shape index (κ2) is 8.30. The Hall–Kier alpha value is -0.870. The molecule has 0 aromatic carbocycles. The summed E-state index contributed by atoms with van der Waals surface area (Å²) < 4.78 is 5.37. The predicted molar refractivity (Wildman–Crippen MR) is 64.3 cm³/mol. The Bertz CT molecular complexity index is 219. The lowest BCUT2D eigenvalue weighted by molar-refractivity contribution is -0.122. The van der Waals surface area contributed by atoms with E-state index >= 15 is 0 Å². The number of hydrogen-bond donors (Lipinski definition) is 2. The highest BCUT2D eigenvalue weighted by molar-refractivity contribution is 5.81. The zero-order chi connectivity index (χ0) is 11.6. The highest BCUT2D eigenvalue weighted by atomic mass is 16.5. The minimum atomic E-state index is -0.0366. The van der Waals surface area contributed by atoms with Gasteiger partial charge in [0.25, 0.3) is 0 Å². The molecule has 1 aliphatic rings. The van der Waals surface area contributed by atoms with Crippen molar-refractivity contribution in [1.29, 1.82) is 0 Å². The van der Waals surface area contributed by atoms with E-state index in [2.05, 4.69) is 17.2 Å². The Labute approximate surface area is 97.4 Å². The number of carbonyl (C=O) groups is 1. The molecule has 4 heteroatoms. The van der Waals surface area contributed by atoms with Crippen LogP contribution in [-0.4, -0.2) is 38.3 Å². The van der Waals surface area contributed by atoms with Crippen LogP contribution in [-0.2, 0) is 9.53 Å². The summed E-state index contributed by atoms with van der Waals surface area (Å²) in [6.07, 6.45) is 5.84. The molecule has 1 heterocycles. The van der Waals surface area contributed by atoms with Crippen molar-refractivity contribution in [3.8, 4) is 0 Å². The van der Waals surface area contributed by atoms with Gasteiger partial charge in [-0.15, -0.1) is 6.58 Å². The third-order valence-corrected chi connectivity index (χ3v) is 2.64. The summed E-state index contributed by atoms with van der Waals surface area (Å²) in [6, 6.07) is -0.0366. The number of hydrogen-bond acceptors (Lipinski definition) is 3. The average molecular weight is 226 g/mol. The third kappa shape index (κ3) is 5.28. The van der Waals surface area contributed by atoms with Gasteiger partial charge >= 0.3 is 0 Å². The van der Waals surface area contributed by atoms with Crippen LogP contribution in [0.2, 0.25) is 0 Å². The summed E-state index contributed by atoms with van der Waals surface area (Å²) in [5.74, 6) is 0.128. The molecule has 4 nitrogen and oxygen atoms in total. The van der Waals surface area contributed by atoms with Gasteiger partial charge in [-0.1, -0.05) is 6.08 Å². The van der Waals surface area contributed by atoms with Crippen molar-refractivity contribution in [2.45, 2.75) is 31.7 Å². The molecule has 0 aliphatic carbocycles. The van der Waals surface area contributed by atoms with Crippen molar-refractivity contribution in [1.82, 2.24) is 10.6 Å². The second-order valence-corrected chi connectivity index (χ2v) is 3.98. The van der Waals surface area contributed by atoms with E-state index in [-0.39, 0.29) is 11.9 Å². The van der Waals surface area contributed by atoms with E-state index in [1.807, 2.05) is 6.08 Å². The molecule has 1 saturated heterocycles. The molecule has 1 aliphatic heterocycles. The number of nitrogens with one attached hydrogen (secondary N) is 2. The largest absolute Gasteiger partial charge is 0.380 e. The summed E-state index contributed by atoms with van der Waals surface area (Å²) in [5.41, 5.74) is 0. The van der Waals surface area contributed by atoms with Crippen LogP contribution < -0.4 is 10.6 Å². The maximum atomic E-state index is 11.6. The summed E-state index contributed by atoms with van der Waals surface area (Å²) in [5, 5.41) is 6.13. The van der Waals surface area contributed by atoms with Crippen LogP contribution in [0.15, 0.2) is 12.7 Å². The molecule has 0 saturated carbocycles. The topological polar surface area (TPSA) is 50.4 Å². The fourth-order valence-electron chi connectivity index (χ4n) is 1.71. The predicted octanol–water partition coefficient (Wildman–Crippen LogP) is 0.837. The van der Waals surface area contributed by atoms with E-state index < -0.39 is 0 Å². The second-order valence-electron chi connectivity index (χ2n) is 3.98. The molecule has 1 fully saturated rings. The molecule has 16 heavy (non-hydrogen) atoms. The van der Waals surface area contributed by atoms with E-state index in [1.54, 1.807) is 0 Å². The lowest BCUT2D eigenvalue weighted by Gasteiger charge is -2.14. The molecule has 2 N–H and O–H groups in total. The zero-order valence-corrected chi connectivity index (χ0v) is 9.84. The quantitative estimate of drug-likeness (QED) is 0.499. The minimum absolute atomic E-state index is 0.0366. The minimum Gasteiger partial charge on any atom is -0.380 e. The van der Waals surface area contributed by atoms with Crippen LogP contribution in [0.5, 0.6) is 0 Å². The van der Waals surface area contributed by atoms with Gasteiger partial charge in [0, 0.05) is 13.1 Å². The number of amides is 1. The fraction of sp³-hybridized carbons (Fsp3) is 0.750. The van der Waals surface area contributed by atoms with Crippen molar-refractivity contribution >= 4 is 5.91 Å². The van der Waals surface area contributed by atoms with Crippen molar-refractivity contribution in [3.63, 3.8) is 0 Å². The Morgan fingerprint density at radius 1 is 1.50 bits per heavy atom. The van der Waals surface area contributed by atoms with Gasteiger partial charge in [-0.05, 0) is 25.7 Å². The summed E-state index contributed by atoms with van der Waals surface area (Å²) in [7, 11) is 0. The normalized spacial score (nSPS) is 21.2. The number of carbonyl (C=O) groups excluding carboxylic acids is 1. The van der Waals surface area contributed by atoms with Crippen molar-refractivity contribution in [2.75, 3.05) is 26.3 Å². The lowest BCUT2D eigenvalue weighted by atomic mass is 10.1. The van der Waals surface area contributed by atoms with Crippen LogP contribution in [0.1, 0.15) is 25.7 Å². The molecular weight excluding hydrogens is 204 g/mol. The van der Waals surface area contributed by atoms with Crippen LogP contribution >= 0.6 is 0 Å². The molecule has 1 atom stereocenters. The highest BCUT2D eigenvalue weighted by Gasteiger charge is 2.19. The summed E-state index contributed by atoms with van der Waals surface area (Å²) >= 11 is 0. The molecule has 0 spiro atoms. The van der Waals surface area contributed by atoms with Gasteiger partial charge in [-0.2, -0.15) is 0 Å². The molecule has 0 aromatic heterocycles. The van der Waals surface area contributed by atoms with E-state index in [0.717, 1.165) is 38.8 Å². The van der Waals surface area contributed by atoms with Crippen LogP contribution in [0.4, 0.5) is 0 Å².